The molecule has 5 atom stereocenters. The zero-order valence-corrected chi connectivity index (χ0v) is 12.5. The first-order valence-corrected chi connectivity index (χ1v) is 7.06. The van der Waals surface area contributed by atoms with Crippen LogP contribution in [0.3, 0.4) is 0 Å². The van der Waals surface area contributed by atoms with Crippen LogP contribution in [-0.4, -0.2) is 58.5 Å². The van der Waals surface area contributed by atoms with Crippen molar-refractivity contribution in [3.63, 3.8) is 0 Å². The highest BCUT2D eigenvalue weighted by molar-refractivity contribution is 5.73. The minimum Gasteiger partial charge on any atom is -0.462 e. The summed E-state index contributed by atoms with van der Waals surface area (Å²) in [5.74, 6) is 0.142. The Kier molecular flexibility index (Phi) is 5.36. The molecule has 7 heteroatoms. The van der Waals surface area contributed by atoms with E-state index in [-0.39, 0.29) is 5.91 Å². The number of carbonyl (C=O) groups excluding carboxylic acids is 1. The van der Waals surface area contributed by atoms with E-state index in [4.69, 9.17) is 9.47 Å². The van der Waals surface area contributed by atoms with Crippen LogP contribution in [0.2, 0.25) is 0 Å². The van der Waals surface area contributed by atoms with Crippen molar-refractivity contribution in [1.82, 2.24) is 5.32 Å². The number of carbonyl (C=O) groups is 1. The zero-order chi connectivity index (χ0) is 16.3. The molecule has 1 fully saturated rings. The topological polar surface area (TPSA) is 108 Å². The summed E-state index contributed by atoms with van der Waals surface area (Å²) >= 11 is 0. The number of rotatable bonds is 4. The molecule has 0 aliphatic carbocycles. The van der Waals surface area contributed by atoms with Crippen molar-refractivity contribution in [3.8, 4) is 5.75 Å². The van der Waals surface area contributed by atoms with Gasteiger partial charge in [-0.15, -0.1) is 0 Å². The number of aryl methyl sites for hydroxylation is 1. The van der Waals surface area contributed by atoms with E-state index in [1.165, 1.54) is 6.92 Å². The lowest BCUT2D eigenvalue weighted by Crippen LogP contribution is -2.65. The first-order chi connectivity index (χ1) is 10.4. The van der Waals surface area contributed by atoms with Gasteiger partial charge in [0.05, 0.1) is 6.61 Å². The normalized spacial score (nSPS) is 31.6. The van der Waals surface area contributed by atoms with Crippen LogP contribution in [0, 0.1) is 6.92 Å². The Balaban J connectivity index is 2.23. The maximum atomic E-state index is 11.3. The smallest absolute Gasteiger partial charge is 0.223 e. The Morgan fingerprint density at radius 1 is 1.32 bits per heavy atom. The van der Waals surface area contributed by atoms with Gasteiger partial charge in [0.1, 0.15) is 30.1 Å². The van der Waals surface area contributed by atoms with E-state index in [1.54, 1.807) is 12.1 Å². The predicted molar refractivity (Wildman–Crippen MR) is 77.2 cm³/mol. The van der Waals surface area contributed by atoms with Crippen LogP contribution >= 0.6 is 0 Å². The van der Waals surface area contributed by atoms with Crippen molar-refractivity contribution in [2.75, 3.05) is 6.61 Å². The molecule has 0 bridgehead atoms. The van der Waals surface area contributed by atoms with Crippen LogP contribution in [0.25, 0.3) is 0 Å². The van der Waals surface area contributed by atoms with Gasteiger partial charge in [0.2, 0.25) is 12.2 Å². The molecular formula is C15H21NO6. The first kappa shape index (κ1) is 16.7. The summed E-state index contributed by atoms with van der Waals surface area (Å²) < 4.78 is 11.2. The van der Waals surface area contributed by atoms with E-state index in [1.807, 2.05) is 19.1 Å². The van der Waals surface area contributed by atoms with Crippen LogP contribution in [0.15, 0.2) is 24.3 Å². The molecule has 122 valence electrons. The van der Waals surface area contributed by atoms with Gasteiger partial charge >= 0.3 is 0 Å². The fourth-order valence-electron chi connectivity index (χ4n) is 2.38. The van der Waals surface area contributed by atoms with Gasteiger partial charge in [-0.1, -0.05) is 18.2 Å². The summed E-state index contributed by atoms with van der Waals surface area (Å²) in [6.45, 7) is 2.67. The highest BCUT2D eigenvalue weighted by Crippen LogP contribution is 2.26. The number of nitrogens with one attached hydrogen (secondary N) is 1. The van der Waals surface area contributed by atoms with E-state index < -0.39 is 37.3 Å². The molecule has 7 nitrogen and oxygen atoms in total. The predicted octanol–water partition coefficient (Wildman–Crippen LogP) is -0.682. The third-order valence-electron chi connectivity index (χ3n) is 3.59. The van der Waals surface area contributed by atoms with Gasteiger partial charge in [0.25, 0.3) is 0 Å². The average Bonchev–Trinajstić information content (AvgIpc) is 2.48. The molecule has 1 heterocycles. The molecule has 1 saturated heterocycles. The number of aliphatic hydroxyl groups is 3. The summed E-state index contributed by atoms with van der Waals surface area (Å²) in [5.41, 5.74) is 0.855. The van der Waals surface area contributed by atoms with E-state index in [0.29, 0.717) is 5.75 Å². The molecule has 1 aromatic carbocycles. The number of hydrogen-bond acceptors (Lipinski definition) is 6. The van der Waals surface area contributed by atoms with Gasteiger partial charge in [0, 0.05) is 6.92 Å². The molecule has 0 saturated carbocycles. The van der Waals surface area contributed by atoms with Crippen LogP contribution in [-0.2, 0) is 9.53 Å². The van der Waals surface area contributed by atoms with Gasteiger partial charge < -0.3 is 30.1 Å². The Morgan fingerprint density at radius 2 is 2.00 bits per heavy atom. The molecule has 1 amide bonds. The molecule has 22 heavy (non-hydrogen) atoms. The molecule has 1 aromatic rings. The molecular weight excluding hydrogens is 290 g/mol. The van der Waals surface area contributed by atoms with Gasteiger partial charge in [-0.05, 0) is 18.6 Å². The van der Waals surface area contributed by atoms with Crippen molar-refractivity contribution in [2.24, 2.45) is 0 Å². The number of hydrogen-bond donors (Lipinski definition) is 4. The summed E-state index contributed by atoms with van der Waals surface area (Å²) in [6, 6.07) is 6.27. The number of para-hydroxylation sites is 1. The van der Waals surface area contributed by atoms with Crippen molar-refractivity contribution in [3.05, 3.63) is 29.8 Å². The Bertz CT molecular complexity index is 523. The summed E-state index contributed by atoms with van der Waals surface area (Å²) in [5, 5.41) is 31.8. The Hall–Kier alpha value is -1.67. The van der Waals surface area contributed by atoms with Crippen molar-refractivity contribution >= 4 is 5.91 Å². The maximum absolute atomic E-state index is 11.3. The van der Waals surface area contributed by atoms with Crippen LogP contribution in [0.1, 0.15) is 12.5 Å². The maximum Gasteiger partial charge on any atom is 0.223 e. The number of aliphatic hydroxyl groups excluding tert-OH is 3. The molecule has 4 N–H and O–H groups in total. The lowest BCUT2D eigenvalue weighted by atomic mass is 9.97. The van der Waals surface area contributed by atoms with E-state index in [9.17, 15) is 20.1 Å². The van der Waals surface area contributed by atoms with Gasteiger partial charge in [-0.25, -0.2) is 0 Å². The van der Waals surface area contributed by atoms with Gasteiger partial charge in [0.15, 0.2) is 0 Å². The van der Waals surface area contributed by atoms with Crippen molar-refractivity contribution < 1.29 is 29.6 Å². The fourth-order valence-corrected chi connectivity index (χ4v) is 2.38. The van der Waals surface area contributed by atoms with E-state index in [2.05, 4.69) is 5.32 Å². The van der Waals surface area contributed by atoms with Crippen molar-refractivity contribution in [2.45, 2.75) is 44.5 Å². The molecule has 0 spiro atoms. The van der Waals surface area contributed by atoms with Gasteiger partial charge in [-0.3, -0.25) is 4.79 Å². The second-order valence-electron chi connectivity index (χ2n) is 5.32. The standard InChI is InChI=1S/C15H21NO6/c1-8-5-3-4-6-10(8)21-15-12(16-9(2)18)14(20)13(19)11(7-17)22-15/h3-6,11-15,17,19-20H,7H2,1-2H3,(H,16,18)/t11-,12-,13+,14-,15+/m0/s1. The molecule has 0 unspecified atom stereocenters. The second-order valence-corrected chi connectivity index (χ2v) is 5.32. The highest BCUT2D eigenvalue weighted by atomic mass is 16.7. The lowest BCUT2D eigenvalue weighted by Gasteiger charge is -2.42. The molecule has 1 aliphatic rings. The zero-order valence-electron chi connectivity index (χ0n) is 12.5. The van der Waals surface area contributed by atoms with Crippen molar-refractivity contribution in [1.29, 1.82) is 0 Å². The van der Waals surface area contributed by atoms with Crippen LogP contribution in [0.5, 0.6) is 5.75 Å². The van der Waals surface area contributed by atoms with Crippen LogP contribution in [0.4, 0.5) is 0 Å². The minimum absolute atomic E-state index is 0.388. The highest BCUT2D eigenvalue weighted by Gasteiger charge is 2.46. The summed E-state index contributed by atoms with van der Waals surface area (Å²) in [7, 11) is 0. The van der Waals surface area contributed by atoms with E-state index in [0.717, 1.165) is 5.56 Å². The SMILES string of the molecule is CC(=O)N[C@@H]1[C@H](Oc2ccccc2C)O[C@@H](CO)[C@@H](O)[C@H]1O. The fraction of sp³-hybridized carbons (Fsp3) is 0.533. The molecule has 1 aliphatic heterocycles. The molecule has 0 aromatic heterocycles. The quantitative estimate of drug-likeness (QED) is 0.587. The van der Waals surface area contributed by atoms with Gasteiger partial charge in [-0.2, -0.15) is 0 Å². The monoisotopic (exact) mass is 311 g/mol. The minimum atomic E-state index is -1.32. The second kappa shape index (κ2) is 7.06. The largest absolute Gasteiger partial charge is 0.462 e. The number of amides is 1. The average molecular weight is 311 g/mol. The molecule has 0 radical (unpaired) electrons. The summed E-state index contributed by atoms with van der Waals surface area (Å²) in [4.78, 5) is 11.3. The number of ether oxygens (including phenoxy) is 2. The Morgan fingerprint density at radius 3 is 2.59 bits per heavy atom. The molecule has 2 rings (SSSR count). The first-order valence-electron chi connectivity index (χ1n) is 7.06. The Labute approximate surface area is 128 Å². The summed E-state index contributed by atoms with van der Waals surface area (Å²) in [6.07, 6.45) is -4.66. The lowest BCUT2D eigenvalue weighted by molar-refractivity contribution is -0.244. The third-order valence-corrected chi connectivity index (χ3v) is 3.59. The van der Waals surface area contributed by atoms with E-state index >= 15 is 0 Å². The third kappa shape index (κ3) is 3.56. The van der Waals surface area contributed by atoms with Crippen LogP contribution < -0.4 is 10.1 Å². The number of benzene rings is 1.